The number of benzene rings is 2. The van der Waals surface area contributed by atoms with Gasteiger partial charge in [0, 0.05) is 30.6 Å². The summed E-state index contributed by atoms with van der Waals surface area (Å²) < 4.78 is 44.1. The Morgan fingerprint density at radius 2 is 1.91 bits per heavy atom. The van der Waals surface area contributed by atoms with Crippen molar-refractivity contribution in [2.45, 2.75) is 43.7 Å². The van der Waals surface area contributed by atoms with Crippen molar-refractivity contribution >= 4 is 27.5 Å². The Morgan fingerprint density at radius 1 is 1.23 bits per heavy atom. The van der Waals surface area contributed by atoms with Crippen molar-refractivity contribution in [3.05, 3.63) is 69.2 Å². The molecule has 0 saturated carbocycles. The van der Waals surface area contributed by atoms with Gasteiger partial charge in [0.15, 0.2) is 11.9 Å². The van der Waals surface area contributed by atoms with Crippen LogP contribution in [-0.4, -0.2) is 59.1 Å². The topological polar surface area (TPSA) is 141 Å². The third-order valence-electron chi connectivity index (χ3n) is 5.86. The molecule has 3 aromatic rings. The fourth-order valence-electron chi connectivity index (χ4n) is 3.72. The molecular formula is C22H26ClFN6O4S. The van der Waals surface area contributed by atoms with Crippen LogP contribution in [0.5, 0.6) is 0 Å². The molecule has 35 heavy (non-hydrogen) atoms. The van der Waals surface area contributed by atoms with Crippen LogP contribution in [0.25, 0.3) is 0 Å². The summed E-state index contributed by atoms with van der Waals surface area (Å²) in [6.45, 7) is 5.23. The van der Waals surface area contributed by atoms with E-state index in [1.807, 2.05) is 6.92 Å². The minimum atomic E-state index is -4.28. The summed E-state index contributed by atoms with van der Waals surface area (Å²) in [7, 11) is -1.38. The third kappa shape index (κ3) is 5.50. The molecule has 0 saturated heterocycles. The lowest BCUT2D eigenvalue weighted by Crippen LogP contribution is -2.33. The first-order valence-electron chi connectivity index (χ1n) is 10.5. The van der Waals surface area contributed by atoms with Crippen LogP contribution < -0.4 is 4.72 Å². The van der Waals surface area contributed by atoms with Gasteiger partial charge in [-0.05, 0) is 54.8 Å². The van der Waals surface area contributed by atoms with Crippen molar-refractivity contribution in [1.82, 2.24) is 30.2 Å². The Labute approximate surface area is 207 Å². The highest BCUT2D eigenvalue weighted by Gasteiger charge is 2.33. The number of hydrogen-bond donors (Lipinski definition) is 3. The number of nitrogens with one attached hydrogen (secondary N) is 2. The number of aromatic amines is 1. The van der Waals surface area contributed by atoms with Gasteiger partial charge in [0.1, 0.15) is 5.82 Å². The van der Waals surface area contributed by atoms with Crippen molar-refractivity contribution in [3.8, 4) is 0 Å². The number of rotatable bonds is 8. The summed E-state index contributed by atoms with van der Waals surface area (Å²) in [5.41, 5.74) is 1.75. The van der Waals surface area contributed by atoms with Gasteiger partial charge < -0.3 is 10.0 Å². The Balaban J connectivity index is 2.04. The second-order valence-electron chi connectivity index (χ2n) is 8.38. The summed E-state index contributed by atoms with van der Waals surface area (Å²) >= 11 is 6.14. The van der Waals surface area contributed by atoms with Crippen molar-refractivity contribution in [3.63, 3.8) is 0 Å². The van der Waals surface area contributed by atoms with Crippen molar-refractivity contribution in [1.29, 1.82) is 0 Å². The fraction of sp³-hybridized carbons (Fsp3) is 0.364. The molecule has 188 valence electrons. The zero-order valence-corrected chi connectivity index (χ0v) is 21.3. The highest BCUT2D eigenvalue weighted by Crippen LogP contribution is 2.35. The lowest BCUT2D eigenvalue weighted by molar-refractivity contribution is -0.137. The molecule has 3 atom stereocenters. The van der Waals surface area contributed by atoms with E-state index in [2.05, 4.69) is 25.3 Å². The standard InChI is InChI=1S/C22H26ClFN6O4S/c1-11-6-9-17(24)18(12(11)2)13(3)19(21-25-28-29-26-21)27-35(33,34)14-7-8-16(23)15(10-14)20(31)22(32)30(4)5/h6-10,13,19-20,27,31H,1-5H3,(H,25,26,28,29)/t13-,19+,20?/m1/s1. The van der Waals surface area contributed by atoms with Gasteiger partial charge in [-0.3, -0.25) is 4.79 Å². The monoisotopic (exact) mass is 524 g/mol. The lowest BCUT2D eigenvalue weighted by atomic mass is 9.88. The van der Waals surface area contributed by atoms with E-state index in [4.69, 9.17) is 11.6 Å². The molecule has 1 unspecified atom stereocenters. The van der Waals surface area contributed by atoms with Crippen LogP contribution in [0.15, 0.2) is 35.2 Å². The number of aliphatic hydroxyl groups is 1. The Morgan fingerprint density at radius 3 is 2.51 bits per heavy atom. The molecule has 0 spiro atoms. The largest absolute Gasteiger partial charge is 0.378 e. The van der Waals surface area contributed by atoms with Crippen molar-refractivity contribution in [2.24, 2.45) is 0 Å². The SMILES string of the molecule is Cc1ccc(F)c([C@@H](C)[C@H](NS(=O)(=O)c2ccc(Cl)c(C(O)C(=O)N(C)C)c2)c2nn[nH]n2)c1C. The number of halogens is 2. The number of likely N-dealkylation sites (N-methyl/N-ethyl adjacent to an activating group) is 1. The van der Waals surface area contributed by atoms with Gasteiger partial charge in [0.25, 0.3) is 5.91 Å². The number of nitrogens with zero attached hydrogens (tertiary/aromatic N) is 4. The average molecular weight is 525 g/mol. The van der Waals surface area contributed by atoms with Crippen LogP contribution >= 0.6 is 11.6 Å². The molecule has 3 N–H and O–H groups in total. The number of aryl methyl sites for hydroxylation is 1. The van der Waals surface area contributed by atoms with E-state index in [1.165, 1.54) is 32.3 Å². The predicted molar refractivity (Wildman–Crippen MR) is 127 cm³/mol. The van der Waals surface area contributed by atoms with E-state index in [9.17, 15) is 22.7 Å². The smallest absolute Gasteiger partial charge is 0.255 e. The number of sulfonamides is 1. The number of amides is 1. The molecule has 2 aromatic carbocycles. The summed E-state index contributed by atoms with van der Waals surface area (Å²) in [6, 6.07) is 5.50. The third-order valence-corrected chi connectivity index (χ3v) is 7.64. The maximum atomic E-state index is 14.8. The molecule has 1 amide bonds. The van der Waals surface area contributed by atoms with Gasteiger partial charge in [-0.1, -0.05) is 29.8 Å². The molecule has 0 aliphatic rings. The molecule has 0 aliphatic heterocycles. The molecule has 1 aromatic heterocycles. The zero-order valence-electron chi connectivity index (χ0n) is 19.7. The maximum absolute atomic E-state index is 14.8. The van der Waals surface area contributed by atoms with Crippen LogP contribution in [0, 0.1) is 19.7 Å². The van der Waals surface area contributed by atoms with E-state index in [1.54, 1.807) is 19.9 Å². The molecule has 0 bridgehead atoms. The lowest BCUT2D eigenvalue weighted by Gasteiger charge is -2.25. The van der Waals surface area contributed by atoms with Crippen LogP contribution in [0.3, 0.4) is 0 Å². The summed E-state index contributed by atoms with van der Waals surface area (Å²) in [6.07, 6.45) is -1.66. The Kier molecular flexibility index (Phi) is 7.90. The normalized spacial score (nSPS) is 14.4. The zero-order chi connectivity index (χ0) is 26.1. The molecule has 0 radical (unpaired) electrons. The van der Waals surface area contributed by atoms with E-state index < -0.39 is 39.8 Å². The van der Waals surface area contributed by atoms with Crippen LogP contribution in [0.1, 0.15) is 53.1 Å². The first kappa shape index (κ1) is 26.7. The number of tetrazole rings is 1. The number of H-pyrrole nitrogens is 1. The molecule has 3 rings (SSSR count). The highest BCUT2D eigenvalue weighted by atomic mass is 35.5. The van der Waals surface area contributed by atoms with Crippen LogP contribution in [0.2, 0.25) is 5.02 Å². The van der Waals surface area contributed by atoms with Gasteiger partial charge in [-0.25, -0.2) is 12.8 Å². The van der Waals surface area contributed by atoms with Gasteiger partial charge in [-0.15, -0.1) is 10.2 Å². The number of hydrogen-bond acceptors (Lipinski definition) is 7. The molecule has 10 nitrogen and oxygen atoms in total. The summed E-state index contributed by atoms with van der Waals surface area (Å²) in [5.74, 6) is -1.88. The molecule has 1 heterocycles. The fourth-order valence-corrected chi connectivity index (χ4v) is 5.25. The highest BCUT2D eigenvalue weighted by molar-refractivity contribution is 7.89. The summed E-state index contributed by atoms with van der Waals surface area (Å²) in [4.78, 5) is 13.1. The van der Waals surface area contributed by atoms with Crippen LogP contribution in [0.4, 0.5) is 4.39 Å². The second-order valence-corrected chi connectivity index (χ2v) is 10.5. The van der Waals surface area contributed by atoms with E-state index >= 15 is 0 Å². The van der Waals surface area contributed by atoms with Gasteiger partial charge in [-0.2, -0.15) is 9.94 Å². The van der Waals surface area contributed by atoms with Crippen molar-refractivity contribution in [2.75, 3.05) is 14.1 Å². The number of carbonyl (C=O) groups is 1. The molecule has 0 fully saturated rings. The molecule has 13 heteroatoms. The quantitative estimate of drug-likeness (QED) is 0.411. The van der Waals surface area contributed by atoms with E-state index in [0.717, 1.165) is 16.5 Å². The summed E-state index contributed by atoms with van der Waals surface area (Å²) in [5, 5.41) is 24.1. The van der Waals surface area contributed by atoms with Gasteiger partial charge in [0.05, 0.1) is 10.9 Å². The number of aromatic nitrogens is 4. The second kappa shape index (κ2) is 10.4. The first-order chi connectivity index (χ1) is 16.3. The van der Waals surface area contributed by atoms with Crippen LogP contribution in [-0.2, 0) is 14.8 Å². The minimum absolute atomic E-state index is 0.0124. The van der Waals surface area contributed by atoms with Gasteiger partial charge in [0.2, 0.25) is 10.0 Å². The van der Waals surface area contributed by atoms with E-state index in [-0.39, 0.29) is 21.3 Å². The predicted octanol–water partition coefficient (Wildman–Crippen LogP) is 2.55. The number of aliphatic hydroxyl groups excluding tert-OH is 1. The van der Waals surface area contributed by atoms with E-state index in [0.29, 0.717) is 11.1 Å². The number of carbonyl (C=O) groups excluding carboxylic acids is 1. The minimum Gasteiger partial charge on any atom is -0.378 e. The molecular weight excluding hydrogens is 499 g/mol. The average Bonchev–Trinajstić information content (AvgIpc) is 3.34. The molecule has 0 aliphatic carbocycles. The Bertz CT molecular complexity index is 1330. The maximum Gasteiger partial charge on any atom is 0.255 e. The first-order valence-corrected chi connectivity index (χ1v) is 12.4. The van der Waals surface area contributed by atoms with Gasteiger partial charge >= 0.3 is 0 Å². The van der Waals surface area contributed by atoms with Crippen molar-refractivity contribution < 1.29 is 22.7 Å². The Hall–Kier alpha value is -2.93.